The highest BCUT2D eigenvalue weighted by atomic mass is 35.5. The number of sulfonamides is 1. The van der Waals surface area contributed by atoms with Gasteiger partial charge in [0.2, 0.25) is 10.0 Å². The van der Waals surface area contributed by atoms with Gasteiger partial charge in [-0.2, -0.15) is 0 Å². The second-order valence-electron chi connectivity index (χ2n) is 5.13. The zero-order valence-corrected chi connectivity index (χ0v) is 16.0. The van der Waals surface area contributed by atoms with E-state index in [2.05, 4.69) is 15.0 Å². The van der Waals surface area contributed by atoms with Crippen molar-refractivity contribution in [3.8, 4) is 0 Å². The van der Waals surface area contributed by atoms with Gasteiger partial charge in [-0.05, 0) is 37.4 Å². The number of hydrogen-bond acceptors (Lipinski definition) is 4. The van der Waals surface area contributed by atoms with Gasteiger partial charge in [0.1, 0.15) is 0 Å². The Labute approximate surface area is 155 Å². The lowest BCUT2D eigenvalue weighted by atomic mass is 10.2. The summed E-state index contributed by atoms with van der Waals surface area (Å²) in [5.74, 6) is 0. The number of pyridine rings is 1. The normalized spacial score (nSPS) is 12.6. The highest BCUT2D eigenvalue weighted by Crippen LogP contribution is 2.18. The SMILES string of the molecule is CC=CCNC[C@H](C)NS(=O)(=O)c1ccc2cnccc2c1.Cl.Cl. The molecule has 0 unspecified atom stereocenters. The number of benzene rings is 1. The Morgan fingerprint density at radius 1 is 1.21 bits per heavy atom. The Morgan fingerprint density at radius 3 is 2.67 bits per heavy atom. The summed E-state index contributed by atoms with van der Waals surface area (Å²) in [5.41, 5.74) is 0. The van der Waals surface area contributed by atoms with Crippen LogP contribution in [0.15, 0.2) is 53.7 Å². The molecule has 2 rings (SSSR count). The number of allylic oxidation sites excluding steroid dienone is 1. The second-order valence-corrected chi connectivity index (χ2v) is 6.85. The standard InChI is InChI=1S/C16H21N3O2S.2ClH/c1-3-4-8-17-11-13(2)19-22(20,21)16-6-5-15-12-18-9-7-14(15)10-16;;/h3-7,9-10,12-13,17,19H,8,11H2,1-2H3;2*1H/t13-;;/m0../s1. The maximum absolute atomic E-state index is 12.4. The van der Waals surface area contributed by atoms with E-state index in [1.54, 1.807) is 36.7 Å². The van der Waals surface area contributed by atoms with Crippen molar-refractivity contribution in [2.45, 2.75) is 24.8 Å². The summed E-state index contributed by atoms with van der Waals surface area (Å²) in [6.45, 7) is 5.08. The van der Waals surface area contributed by atoms with Crippen LogP contribution in [-0.4, -0.2) is 32.5 Å². The summed E-state index contributed by atoms with van der Waals surface area (Å²) in [6.07, 6.45) is 7.30. The van der Waals surface area contributed by atoms with Crippen LogP contribution in [0.2, 0.25) is 0 Å². The van der Waals surface area contributed by atoms with Crippen LogP contribution in [0.4, 0.5) is 0 Å². The van der Waals surface area contributed by atoms with Crippen LogP contribution in [0.5, 0.6) is 0 Å². The van der Waals surface area contributed by atoms with E-state index >= 15 is 0 Å². The number of nitrogens with one attached hydrogen (secondary N) is 2. The minimum atomic E-state index is -3.52. The van der Waals surface area contributed by atoms with Crippen LogP contribution < -0.4 is 10.0 Å². The van der Waals surface area contributed by atoms with Gasteiger partial charge in [0, 0.05) is 36.9 Å². The minimum Gasteiger partial charge on any atom is -0.312 e. The highest BCUT2D eigenvalue weighted by Gasteiger charge is 2.17. The number of rotatable bonds is 7. The number of halogens is 2. The zero-order valence-electron chi connectivity index (χ0n) is 13.6. The van der Waals surface area contributed by atoms with E-state index < -0.39 is 10.0 Å². The van der Waals surface area contributed by atoms with Gasteiger partial charge < -0.3 is 5.32 Å². The summed E-state index contributed by atoms with van der Waals surface area (Å²) in [7, 11) is -3.52. The first-order valence-corrected chi connectivity index (χ1v) is 8.69. The van der Waals surface area contributed by atoms with Crippen LogP contribution in [0.1, 0.15) is 13.8 Å². The molecule has 0 saturated carbocycles. The molecule has 1 aromatic heterocycles. The molecule has 24 heavy (non-hydrogen) atoms. The molecule has 1 aromatic carbocycles. The maximum Gasteiger partial charge on any atom is 0.240 e. The van der Waals surface area contributed by atoms with Gasteiger partial charge in [0.05, 0.1) is 4.90 Å². The average Bonchev–Trinajstić information content (AvgIpc) is 2.50. The fourth-order valence-corrected chi connectivity index (χ4v) is 3.38. The molecule has 1 heterocycles. The van der Waals surface area contributed by atoms with Gasteiger partial charge in [-0.15, -0.1) is 24.8 Å². The third kappa shape index (κ3) is 6.37. The molecule has 0 spiro atoms. The predicted octanol–water partition coefficient (Wildman–Crippen LogP) is 2.91. The number of fused-ring (bicyclic) bond motifs is 1. The largest absolute Gasteiger partial charge is 0.312 e. The van der Waals surface area contributed by atoms with Crippen molar-refractivity contribution in [1.82, 2.24) is 15.0 Å². The first kappa shape index (κ1) is 22.8. The molecule has 2 N–H and O–H groups in total. The predicted molar refractivity (Wildman–Crippen MR) is 104 cm³/mol. The molecule has 0 fully saturated rings. The molecule has 0 aliphatic heterocycles. The molecule has 0 bridgehead atoms. The zero-order chi connectivity index (χ0) is 16.0. The molecular formula is C16H23Cl2N3O2S. The van der Waals surface area contributed by atoms with E-state index in [-0.39, 0.29) is 35.8 Å². The van der Waals surface area contributed by atoms with Crippen molar-refractivity contribution in [3.05, 3.63) is 48.8 Å². The van der Waals surface area contributed by atoms with Crippen LogP contribution in [0, 0.1) is 0 Å². The lowest BCUT2D eigenvalue weighted by molar-refractivity contribution is 0.545. The Balaban J connectivity index is 0.00000264. The lowest BCUT2D eigenvalue weighted by Crippen LogP contribution is -2.39. The first-order chi connectivity index (χ1) is 10.5. The third-order valence-electron chi connectivity index (χ3n) is 3.23. The molecule has 2 aromatic rings. The summed E-state index contributed by atoms with van der Waals surface area (Å²) in [6, 6.07) is 6.65. The minimum absolute atomic E-state index is 0. The van der Waals surface area contributed by atoms with Gasteiger partial charge in [-0.3, -0.25) is 4.98 Å². The van der Waals surface area contributed by atoms with E-state index in [4.69, 9.17) is 0 Å². The summed E-state index contributed by atoms with van der Waals surface area (Å²) in [4.78, 5) is 4.29. The lowest BCUT2D eigenvalue weighted by Gasteiger charge is -2.15. The van der Waals surface area contributed by atoms with Gasteiger partial charge in [0.15, 0.2) is 0 Å². The fourth-order valence-electron chi connectivity index (χ4n) is 2.10. The smallest absolute Gasteiger partial charge is 0.240 e. The molecule has 0 amide bonds. The van der Waals surface area contributed by atoms with Crippen LogP contribution >= 0.6 is 24.8 Å². The van der Waals surface area contributed by atoms with Gasteiger partial charge >= 0.3 is 0 Å². The quantitative estimate of drug-likeness (QED) is 0.562. The van der Waals surface area contributed by atoms with E-state index in [0.717, 1.165) is 17.3 Å². The second kappa shape index (κ2) is 10.6. The van der Waals surface area contributed by atoms with Crippen molar-refractivity contribution in [2.75, 3.05) is 13.1 Å². The van der Waals surface area contributed by atoms with Crippen LogP contribution in [-0.2, 0) is 10.0 Å². The van der Waals surface area contributed by atoms with Gasteiger partial charge in [-0.1, -0.05) is 18.2 Å². The molecule has 0 aliphatic carbocycles. The van der Waals surface area contributed by atoms with E-state index in [0.29, 0.717) is 6.54 Å². The molecule has 0 aliphatic rings. The van der Waals surface area contributed by atoms with Crippen LogP contribution in [0.3, 0.4) is 0 Å². The Morgan fingerprint density at radius 2 is 1.96 bits per heavy atom. The molecule has 0 radical (unpaired) electrons. The number of hydrogen-bond donors (Lipinski definition) is 2. The Bertz CT molecular complexity index is 767. The Hall–Kier alpha value is -1.18. The van der Waals surface area contributed by atoms with Crippen molar-refractivity contribution >= 4 is 45.6 Å². The van der Waals surface area contributed by atoms with Crippen LogP contribution in [0.25, 0.3) is 10.8 Å². The van der Waals surface area contributed by atoms with Crippen molar-refractivity contribution in [3.63, 3.8) is 0 Å². The van der Waals surface area contributed by atoms with Crippen molar-refractivity contribution in [1.29, 1.82) is 0 Å². The summed E-state index contributed by atoms with van der Waals surface area (Å²) in [5, 5.41) is 4.94. The molecule has 134 valence electrons. The number of aromatic nitrogens is 1. The third-order valence-corrected chi connectivity index (χ3v) is 4.81. The summed E-state index contributed by atoms with van der Waals surface area (Å²) >= 11 is 0. The first-order valence-electron chi connectivity index (χ1n) is 7.21. The fraction of sp³-hybridized carbons (Fsp3) is 0.312. The molecule has 0 saturated heterocycles. The molecule has 5 nitrogen and oxygen atoms in total. The topological polar surface area (TPSA) is 71.1 Å². The molecule has 1 atom stereocenters. The molecule has 8 heteroatoms. The van der Waals surface area contributed by atoms with Gasteiger partial charge in [-0.25, -0.2) is 13.1 Å². The van der Waals surface area contributed by atoms with E-state index in [1.807, 2.05) is 26.0 Å². The average molecular weight is 392 g/mol. The summed E-state index contributed by atoms with van der Waals surface area (Å²) < 4.78 is 27.5. The molecular weight excluding hydrogens is 369 g/mol. The van der Waals surface area contributed by atoms with E-state index in [9.17, 15) is 8.42 Å². The maximum atomic E-state index is 12.4. The highest BCUT2D eigenvalue weighted by molar-refractivity contribution is 7.89. The van der Waals surface area contributed by atoms with Crippen molar-refractivity contribution < 1.29 is 8.42 Å². The van der Waals surface area contributed by atoms with Gasteiger partial charge in [0.25, 0.3) is 0 Å². The van der Waals surface area contributed by atoms with E-state index in [1.165, 1.54) is 0 Å². The van der Waals surface area contributed by atoms with Crippen molar-refractivity contribution in [2.24, 2.45) is 0 Å². The Kier molecular flexibility index (Phi) is 10.1. The monoisotopic (exact) mass is 391 g/mol. The number of nitrogens with zero attached hydrogens (tertiary/aromatic N) is 1.